The van der Waals surface area contributed by atoms with Crippen LogP contribution < -0.4 is 0 Å². The van der Waals surface area contributed by atoms with Crippen molar-refractivity contribution in [1.82, 2.24) is 19.7 Å². The summed E-state index contributed by atoms with van der Waals surface area (Å²) in [5, 5.41) is 7.91. The van der Waals surface area contributed by atoms with Crippen LogP contribution in [0.5, 0.6) is 0 Å². The van der Waals surface area contributed by atoms with Crippen molar-refractivity contribution in [2.75, 3.05) is 19.6 Å². The lowest BCUT2D eigenvalue weighted by Crippen LogP contribution is -2.34. The van der Waals surface area contributed by atoms with Gasteiger partial charge in [-0.25, -0.2) is 0 Å². The van der Waals surface area contributed by atoms with E-state index in [1.54, 1.807) is 6.33 Å². The van der Waals surface area contributed by atoms with Gasteiger partial charge in [0, 0.05) is 6.54 Å². The van der Waals surface area contributed by atoms with E-state index in [-0.39, 0.29) is 0 Å². The van der Waals surface area contributed by atoms with Gasteiger partial charge in [0.05, 0.1) is 5.88 Å². The summed E-state index contributed by atoms with van der Waals surface area (Å²) in [7, 11) is 0. The molecule has 90 valence electrons. The molecular weight excluding hydrogens is 224 g/mol. The van der Waals surface area contributed by atoms with Crippen LogP contribution in [0, 0.1) is 5.92 Å². The lowest BCUT2D eigenvalue weighted by atomic mass is 9.97. The van der Waals surface area contributed by atoms with Gasteiger partial charge in [0.15, 0.2) is 0 Å². The fourth-order valence-corrected chi connectivity index (χ4v) is 2.51. The number of alkyl halides is 1. The van der Waals surface area contributed by atoms with E-state index >= 15 is 0 Å². The first-order chi connectivity index (χ1) is 7.83. The number of piperidine rings is 1. The Morgan fingerprint density at radius 2 is 2.19 bits per heavy atom. The number of likely N-dealkylation sites (tertiary alicyclic amines) is 1. The van der Waals surface area contributed by atoms with Crippen LogP contribution in [0.4, 0.5) is 0 Å². The molecule has 0 amide bonds. The molecule has 2 rings (SSSR count). The van der Waals surface area contributed by atoms with Crippen molar-refractivity contribution in [2.24, 2.45) is 5.92 Å². The zero-order chi connectivity index (χ0) is 11.4. The standard InChI is InChI=1S/C11H19ClN4/c1-2-15-5-3-10(4-6-15)8-16-9-13-14-11(16)7-12/h9-10H,2-8H2,1H3. The van der Waals surface area contributed by atoms with Crippen molar-refractivity contribution >= 4 is 11.6 Å². The summed E-state index contributed by atoms with van der Waals surface area (Å²) in [5.74, 6) is 2.09. The van der Waals surface area contributed by atoms with E-state index in [0.717, 1.165) is 18.3 Å². The van der Waals surface area contributed by atoms with E-state index in [1.165, 1.54) is 32.5 Å². The summed E-state index contributed by atoms with van der Waals surface area (Å²) in [6.07, 6.45) is 4.34. The van der Waals surface area contributed by atoms with Crippen molar-refractivity contribution in [3.8, 4) is 0 Å². The highest BCUT2D eigenvalue weighted by Crippen LogP contribution is 2.19. The van der Waals surface area contributed by atoms with Crippen LogP contribution in [0.25, 0.3) is 0 Å². The Bertz CT molecular complexity index is 318. The van der Waals surface area contributed by atoms with Crippen LogP contribution in [-0.4, -0.2) is 39.3 Å². The van der Waals surface area contributed by atoms with Gasteiger partial charge >= 0.3 is 0 Å². The maximum atomic E-state index is 5.81. The van der Waals surface area contributed by atoms with Crippen LogP contribution in [0.1, 0.15) is 25.6 Å². The molecule has 1 aliphatic rings. The minimum Gasteiger partial charge on any atom is -0.316 e. The Balaban J connectivity index is 1.87. The minimum absolute atomic E-state index is 0.452. The smallest absolute Gasteiger partial charge is 0.147 e. The maximum absolute atomic E-state index is 5.81. The molecular formula is C11H19ClN4. The number of hydrogen-bond donors (Lipinski definition) is 0. The number of hydrogen-bond acceptors (Lipinski definition) is 3. The normalized spacial score (nSPS) is 19.1. The van der Waals surface area contributed by atoms with Gasteiger partial charge in [-0.3, -0.25) is 0 Å². The van der Waals surface area contributed by atoms with Crippen LogP contribution in [0.2, 0.25) is 0 Å². The third-order valence-electron chi connectivity index (χ3n) is 3.42. The minimum atomic E-state index is 0.452. The van der Waals surface area contributed by atoms with Gasteiger partial charge in [0.1, 0.15) is 12.2 Å². The maximum Gasteiger partial charge on any atom is 0.147 e. The summed E-state index contributed by atoms with van der Waals surface area (Å²) in [6, 6.07) is 0. The van der Waals surface area contributed by atoms with Crippen molar-refractivity contribution < 1.29 is 0 Å². The third-order valence-corrected chi connectivity index (χ3v) is 3.66. The largest absolute Gasteiger partial charge is 0.316 e. The molecule has 0 N–H and O–H groups in total. The van der Waals surface area contributed by atoms with Crippen LogP contribution >= 0.6 is 11.6 Å². The molecule has 0 bridgehead atoms. The second-order valence-electron chi connectivity index (χ2n) is 4.41. The van der Waals surface area contributed by atoms with Gasteiger partial charge in [-0.05, 0) is 38.4 Å². The van der Waals surface area contributed by atoms with Gasteiger partial charge in [0.2, 0.25) is 0 Å². The third kappa shape index (κ3) is 2.74. The summed E-state index contributed by atoms with van der Waals surface area (Å²) >= 11 is 5.81. The monoisotopic (exact) mass is 242 g/mol. The molecule has 1 aromatic rings. The Kier molecular flexibility index (Phi) is 4.18. The summed E-state index contributed by atoms with van der Waals surface area (Å²) in [4.78, 5) is 2.51. The summed E-state index contributed by atoms with van der Waals surface area (Å²) < 4.78 is 2.10. The van der Waals surface area contributed by atoms with E-state index < -0.39 is 0 Å². The van der Waals surface area contributed by atoms with E-state index in [0.29, 0.717) is 5.88 Å². The molecule has 0 aromatic carbocycles. The number of halogens is 1. The van der Waals surface area contributed by atoms with Crippen molar-refractivity contribution in [3.63, 3.8) is 0 Å². The Morgan fingerprint density at radius 3 is 2.81 bits per heavy atom. The average molecular weight is 243 g/mol. The molecule has 0 radical (unpaired) electrons. The van der Waals surface area contributed by atoms with Crippen LogP contribution in [0.15, 0.2) is 6.33 Å². The highest BCUT2D eigenvalue weighted by Gasteiger charge is 2.19. The molecule has 1 aliphatic heterocycles. The zero-order valence-electron chi connectivity index (χ0n) is 9.77. The number of rotatable bonds is 4. The molecule has 16 heavy (non-hydrogen) atoms. The first kappa shape index (κ1) is 11.9. The van der Waals surface area contributed by atoms with Crippen molar-refractivity contribution in [1.29, 1.82) is 0 Å². The quantitative estimate of drug-likeness (QED) is 0.755. The van der Waals surface area contributed by atoms with Crippen molar-refractivity contribution in [2.45, 2.75) is 32.2 Å². The fourth-order valence-electron chi connectivity index (χ4n) is 2.30. The molecule has 0 spiro atoms. The molecule has 1 aromatic heterocycles. The first-order valence-corrected chi connectivity index (χ1v) is 6.52. The van der Waals surface area contributed by atoms with Gasteiger partial charge in [-0.1, -0.05) is 6.92 Å². The Morgan fingerprint density at radius 1 is 1.44 bits per heavy atom. The van der Waals surface area contributed by atoms with Crippen LogP contribution in [-0.2, 0) is 12.4 Å². The molecule has 1 fully saturated rings. The molecule has 2 heterocycles. The van der Waals surface area contributed by atoms with E-state index in [9.17, 15) is 0 Å². The van der Waals surface area contributed by atoms with Gasteiger partial charge in [-0.15, -0.1) is 21.8 Å². The second kappa shape index (κ2) is 5.64. The molecule has 4 nitrogen and oxygen atoms in total. The average Bonchev–Trinajstić information content (AvgIpc) is 2.77. The Labute approximate surface area is 102 Å². The van der Waals surface area contributed by atoms with Crippen molar-refractivity contribution in [3.05, 3.63) is 12.2 Å². The highest BCUT2D eigenvalue weighted by molar-refractivity contribution is 6.16. The zero-order valence-corrected chi connectivity index (χ0v) is 10.5. The van der Waals surface area contributed by atoms with Gasteiger partial charge < -0.3 is 9.47 Å². The summed E-state index contributed by atoms with van der Waals surface area (Å²) in [5.41, 5.74) is 0. The molecule has 0 unspecified atom stereocenters. The Hall–Kier alpha value is -0.610. The molecule has 0 saturated carbocycles. The van der Waals surface area contributed by atoms with E-state index in [1.807, 2.05) is 0 Å². The first-order valence-electron chi connectivity index (χ1n) is 5.98. The van der Waals surface area contributed by atoms with Gasteiger partial charge in [0.25, 0.3) is 0 Å². The molecule has 0 aliphatic carbocycles. The second-order valence-corrected chi connectivity index (χ2v) is 4.68. The van der Waals surface area contributed by atoms with Crippen LogP contribution in [0.3, 0.4) is 0 Å². The number of nitrogens with zero attached hydrogens (tertiary/aromatic N) is 4. The van der Waals surface area contributed by atoms with E-state index in [2.05, 4.69) is 26.6 Å². The molecule has 5 heteroatoms. The molecule has 1 saturated heterocycles. The topological polar surface area (TPSA) is 34.0 Å². The highest BCUT2D eigenvalue weighted by atomic mass is 35.5. The lowest BCUT2D eigenvalue weighted by molar-refractivity contribution is 0.180. The van der Waals surface area contributed by atoms with E-state index in [4.69, 9.17) is 11.6 Å². The fraction of sp³-hybridized carbons (Fsp3) is 0.818. The SMILES string of the molecule is CCN1CCC(Cn2cnnc2CCl)CC1. The lowest BCUT2D eigenvalue weighted by Gasteiger charge is -2.31. The molecule has 0 atom stereocenters. The van der Waals surface area contributed by atoms with Gasteiger partial charge in [-0.2, -0.15) is 0 Å². The summed E-state index contributed by atoms with van der Waals surface area (Å²) in [6.45, 7) is 6.86. The predicted octanol–water partition coefficient (Wildman–Crippen LogP) is 1.75. The number of aromatic nitrogens is 3. The predicted molar refractivity (Wildman–Crippen MR) is 64.4 cm³/mol.